The van der Waals surface area contributed by atoms with E-state index in [0.29, 0.717) is 22.0 Å². The molecule has 1 aliphatic heterocycles. The van der Waals surface area contributed by atoms with Crippen LogP contribution < -0.4 is 4.90 Å². The molecular weight excluding hydrogens is 370 g/mol. The van der Waals surface area contributed by atoms with Gasteiger partial charge in [-0.15, -0.1) is 0 Å². The van der Waals surface area contributed by atoms with Crippen molar-refractivity contribution in [1.82, 2.24) is 4.90 Å². The standard InChI is InChI=1S/C19H18ClN3O4/c1-22(11-24)19(26)27-17-18(25)23(2)15-9-8-13(20)10-14(15)16(21-17)12-6-4-3-5-7-12/h3-10,17,24H,11H2,1-2H3. The number of benzodiazepines with no additional fused rings is 1. The molecule has 7 nitrogen and oxygen atoms in total. The Bertz CT molecular complexity index is 901. The Morgan fingerprint density at radius 2 is 2.00 bits per heavy atom. The van der Waals surface area contributed by atoms with Gasteiger partial charge in [0.25, 0.3) is 12.1 Å². The Morgan fingerprint density at radius 1 is 1.30 bits per heavy atom. The van der Waals surface area contributed by atoms with E-state index in [0.717, 1.165) is 10.5 Å². The minimum atomic E-state index is -1.39. The molecule has 0 aliphatic carbocycles. The zero-order chi connectivity index (χ0) is 19.6. The van der Waals surface area contributed by atoms with Crippen LogP contribution >= 0.6 is 11.6 Å². The molecule has 0 fully saturated rings. The van der Waals surface area contributed by atoms with Crippen molar-refractivity contribution in [2.24, 2.45) is 4.99 Å². The zero-order valence-corrected chi connectivity index (χ0v) is 15.6. The number of aliphatic imine (C=N–C) groups is 1. The average molecular weight is 388 g/mol. The number of anilines is 1. The first-order valence-electron chi connectivity index (χ1n) is 8.15. The predicted octanol–water partition coefficient (Wildman–Crippen LogP) is 2.50. The number of benzene rings is 2. The molecule has 0 saturated heterocycles. The number of fused-ring (bicyclic) bond motifs is 1. The Hall–Kier alpha value is -2.90. The Balaban J connectivity index is 2.14. The highest BCUT2D eigenvalue weighted by molar-refractivity contribution is 6.32. The van der Waals surface area contributed by atoms with E-state index in [1.807, 2.05) is 30.3 Å². The lowest BCUT2D eigenvalue weighted by Crippen LogP contribution is -2.40. The molecule has 1 unspecified atom stereocenters. The van der Waals surface area contributed by atoms with Gasteiger partial charge >= 0.3 is 6.09 Å². The molecule has 1 N–H and O–H groups in total. The van der Waals surface area contributed by atoms with Crippen molar-refractivity contribution >= 4 is 35.0 Å². The zero-order valence-electron chi connectivity index (χ0n) is 14.8. The molecule has 3 rings (SSSR count). The number of rotatable bonds is 3. The number of hydrogen-bond donors (Lipinski definition) is 1. The van der Waals surface area contributed by atoms with E-state index in [9.17, 15) is 9.59 Å². The molecule has 2 aromatic carbocycles. The molecule has 1 heterocycles. The second kappa shape index (κ2) is 7.77. The first kappa shape index (κ1) is 18.9. The van der Waals surface area contributed by atoms with Crippen molar-refractivity contribution in [1.29, 1.82) is 0 Å². The van der Waals surface area contributed by atoms with Crippen LogP contribution in [-0.4, -0.2) is 54.8 Å². The molecule has 2 amide bonds. The topological polar surface area (TPSA) is 82.4 Å². The molecule has 0 radical (unpaired) electrons. The van der Waals surface area contributed by atoms with Gasteiger partial charge in [-0.25, -0.2) is 9.79 Å². The average Bonchev–Trinajstić information content (AvgIpc) is 2.78. The van der Waals surface area contributed by atoms with E-state index < -0.39 is 25.0 Å². The summed E-state index contributed by atoms with van der Waals surface area (Å²) in [5.41, 5.74) is 2.48. The summed E-state index contributed by atoms with van der Waals surface area (Å²) in [5.74, 6) is -0.510. The van der Waals surface area contributed by atoms with Crippen LogP contribution in [0.3, 0.4) is 0 Å². The number of amides is 2. The van der Waals surface area contributed by atoms with E-state index in [1.54, 1.807) is 25.2 Å². The van der Waals surface area contributed by atoms with E-state index in [1.165, 1.54) is 11.9 Å². The van der Waals surface area contributed by atoms with Gasteiger partial charge < -0.3 is 14.7 Å². The van der Waals surface area contributed by atoms with Gasteiger partial charge in [0, 0.05) is 30.2 Å². The molecule has 0 saturated carbocycles. The first-order valence-corrected chi connectivity index (χ1v) is 8.53. The van der Waals surface area contributed by atoms with Crippen molar-refractivity contribution in [3.63, 3.8) is 0 Å². The van der Waals surface area contributed by atoms with Gasteiger partial charge in [0.2, 0.25) is 0 Å². The molecule has 0 spiro atoms. The van der Waals surface area contributed by atoms with Gasteiger partial charge in [0.05, 0.1) is 11.4 Å². The molecule has 0 aromatic heterocycles. The summed E-state index contributed by atoms with van der Waals surface area (Å²) < 4.78 is 5.24. The van der Waals surface area contributed by atoms with Gasteiger partial charge in [0.15, 0.2) is 0 Å². The molecule has 1 atom stereocenters. The number of halogens is 1. The van der Waals surface area contributed by atoms with E-state index in [2.05, 4.69) is 4.99 Å². The minimum absolute atomic E-state index is 0.482. The summed E-state index contributed by atoms with van der Waals surface area (Å²) in [6.45, 7) is -0.541. The van der Waals surface area contributed by atoms with Crippen LogP contribution in [-0.2, 0) is 9.53 Å². The van der Waals surface area contributed by atoms with E-state index >= 15 is 0 Å². The number of aliphatic hydroxyl groups is 1. The number of hydrogen-bond acceptors (Lipinski definition) is 5. The molecule has 140 valence electrons. The van der Waals surface area contributed by atoms with Crippen LogP contribution in [0, 0.1) is 0 Å². The Morgan fingerprint density at radius 3 is 2.67 bits per heavy atom. The lowest BCUT2D eigenvalue weighted by Gasteiger charge is -2.21. The summed E-state index contributed by atoms with van der Waals surface area (Å²) in [5, 5.41) is 9.58. The fourth-order valence-corrected chi connectivity index (χ4v) is 2.83. The van der Waals surface area contributed by atoms with Crippen molar-refractivity contribution in [3.05, 3.63) is 64.7 Å². The van der Waals surface area contributed by atoms with Gasteiger partial charge in [-0.3, -0.25) is 9.69 Å². The summed E-state index contributed by atoms with van der Waals surface area (Å²) in [4.78, 5) is 31.6. The highest BCUT2D eigenvalue weighted by Gasteiger charge is 2.33. The molecule has 1 aliphatic rings. The lowest BCUT2D eigenvalue weighted by molar-refractivity contribution is -0.126. The van der Waals surface area contributed by atoms with Crippen LogP contribution in [0.1, 0.15) is 11.1 Å². The SMILES string of the molecule is CN(CO)C(=O)OC1N=C(c2ccccc2)c2cc(Cl)ccc2N(C)C1=O. The van der Waals surface area contributed by atoms with Gasteiger partial charge in [-0.2, -0.15) is 0 Å². The summed E-state index contributed by atoms with van der Waals surface area (Å²) in [6, 6.07) is 14.4. The molecule has 27 heavy (non-hydrogen) atoms. The van der Waals surface area contributed by atoms with Crippen LogP contribution in [0.5, 0.6) is 0 Å². The van der Waals surface area contributed by atoms with Crippen molar-refractivity contribution in [3.8, 4) is 0 Å². The van der Waals surface area contributed by atoms with Crippen LogP contribution in [0.15, 0.2) is 53.5 Å². The first-order chi connectivity index (χ1) is 12.9. The number of carbonyl (C=O) groups excluding carboxylic acids is 2. The van der Waals surface area contributed by atoms with Crippen molar-refractivity contribution in [2.45, 2.75) is 6.23 Å². The lowest BCUT2D eigenvalue weighted by atomic mass is 10.0. The van der Waals surface area contributed by atoms with Crippen molar-refractivity contribution in [2.75, 3.05) is 25.7 Å². The maximum absolute atomic E-state index is 12.8. The van der Waals surface area contributed by atoms with Crippen molar-refractivity contribution < 1.29 is 19.4 Å². The van der Waals surface area contributed by atoms with Crippen LogP contribution in [0.4, 0.5) is 10.5 Å². The second-order valence-electron chi connectivity index (χ2n) is 5.98. The van der Waals surface area contributed by atoms with Crippen LogP contribution in [0.2, 0.25) is 5.02 Å². The molecule has 8 heteroatoms. The molecular formula is C19H18ClN3O4. The quantitative estimate of drug-likeness (QED) is 0.820. The smallest absolute Gasteiger partial charge is 0.413 e. The van der Waals surface area contributed by atoms with E-state index in [-0.39, 0.29) is 0 Å². The Kier molecular flexibility index (Phi) is 5.43. The fourth-order valence-electron chi connectivity index (χ4n) is 2.66. The number of ether oxygens (including phenoxy) is 1. The molecule has 0 bridgehead atoms. The highest BCUT2D eigenvalue weighted by Crippen LogP contribution is 2.30. The third-order valence-corrected chi connectivity index (χ3v) is 4.38. The summed E-state index contributed by atoms with van der Waals surface area (Å²) >= 11 is 6.17. The maximum atomic E-state index is 12.8. The predicted molar refractivity (Wildman–Crippen MR) is 102 cm³/mol. The number of likely N-dealkylation sites (N-methyl/N-ethyl adjacent to an activating group) is 1. The van der Waals surface area contributed by atoms with Crippen LogP contribution in [0.25, 0.3) is 0 Å². The number of aliphatic hydroxyl groups excluding tert-OH is 1. The van der Waals surface area contributed by atoms with Gasteiger partial charge in [-0.05, 0) is 18.2 Å². The van der Waals surface area contributed by atoms with Gasteiger partial charge in [0.1, 0.15) is 6.73 Å². The third kappa shape index (κ3) is 3.79. The number of carbonyl (C=O) groups is 2. The fraction of sp³-hybridized carbons (Fsp3) is 0.211. The monoisotopic (exact) mass is 387 g/mol. The largest absolute Gasteiger partial charge is 0.414 e. The summed E-state index contributed by atoms with van der Waals surface area (Å²) in [7, 11) is 2.93. The Labute approximate surface area is 161 Å². The van der Waals surface area contributed by atoms with E-state index in [4.69, 9.17) is 21.4 Å². The van der Waals surface area contributed by atoms with Gasteiger partial charge in [-0.1, -0.05) is 41.9 Å². The highest BCUT2D eigenvalue weighted by atomic mass is 35.5. The normalized spacial score (nSPS) is 16.3. The summed E-state index contributed by atoms with van der Waals surface area (Å²) in [6.07, 6.45) is -2.25. The maximum Gasteiger partial charge on any atom is 0.413 e. The number of nitrogens with zero attached hydrogens (tertiary/aromatic N) is 3. The second-order valence-corrected chi connectivity index (χ2v) is 6.41. The minimum Gasteiger partial charge on any atom is -0.414 e. The molecule has 2 aromatic rings. The third-order valence-electron chi connectivity index (χ3n) is 4.15.